The van der Waals surface area contributed by atoms with Gasteiger partial charge in [-0.3, -0.25) is 9.59 Å². The summed E-state index contributed by atoms with van der Waals surface area (Å²) >= 11 is 3.20. The van der Waals surface area contributed by atoms with Crippen molar-refractivity contribution in [2.45, 2.75) is 0 Å². The van der Waals surface area contributed by atoms with Crippen LogP contribution < -0.4 is 16.4 Å². The molecule has 1 rings (SSSR count). The first kappa shape index (κ1) is 15.4. The standard InChI is InChI=1S/C11H15BrN4O3/c1-19-3-2-14-9(17)6-16-11(18)8-4-7(12)5-15-10(8)13/h4-5H,2-3,6H2,1H3,(H2,13,15)(H,14,17)(H,16,18). The lowest BCUT2D eigenvalue weighted by atomic mass is 10.2. The molecule has 0 fully saturated rings. The number of nitrogens with zero attached hydrogens (tertiary/aromatic N) is 1. The van der Waals surface area contributed by atoms with Crippen LogP contribution in [-0.2, 0) is 9.53 Å². The van der Waals surface area contributed by atoms with E-state index in [9.17, 15) is 9.59 Å². The molecular weight excluding hydrogens is 316 g/mol. The molecule has 0 aliphatic rings. The number of halogens is 1. The highest BCUT2D eigenvalue weighted by molar-refractivity contribution is 9.10. The zero-order chi connectivity index (χ0) is 14.3. The van der Waals surface area contributed by atoms with Gasteiger partial charge in [0.1, 0.15) is 5.82 Å². The molecule has 0 saturated carbocycles. The van der Waals surface area contributed by atoms with Crippen molar-refractivity contribution in [2.75, 3.05) is 32.5 Å². The summed E-state index contributed by atoms with van der Waals surface area (Å²) in [7, 11) is 1.54. The Morgan fingerprint density at radius 2 is 2.21 bits per heavy atom. The van der Waals surface area contributed by atoms with E-state index in [0.717, 1.165) is 0 Å². The number of carbonyl (C=O) groups excluding carboxylic acids is 2. The number of ether oxygens (including phenoxy) is 1. The average molecular weight is 331 g/mol. The van der Waals surface area contributed by atoms with E-state index in [1.54, 1.807) is 6.07 Å². The molecule has 1 aromatic rings. The zero-order valence-electron chi connectivity index (χ0n) is 10.4. The van der Waals surface area contributed by atoms with E-state index in [4.69, 9.17) is 10.5 Å². The molecule has 0 saturated heterocycles. The van der Waals surface area contributed by atoms with Gasteiger partial charge in [-0.25, -0.2) is 4.98 Å². The van der Waals surface area contributed by atoms with Crippen molar-refractivity contribution in [1.29, 1.82) is 0 Å². The van der Waals surface area contributed by atoms with Gasteiger partial charge in [0.2, 0.25) is 5.91 Å². The van der Waals surface area contributed by atoms with Gasteiger partial charge in [0, 0.05) is 24.3 Å². The van der Waals surface area contributed by atoms with E-state index >= 15 is 0 Å². The third-order valence-electron chi connectivity index (χ3n) is 2.17. The minimum Gasteiger partial charge on any atom is -0.383 e. The average Bonchev–Trinajstić information content (AvgIpc) is 2.39. The summed E-state index contributed by atoms with van der Waals surface area (Å²) in [6.45, 7) is 0.683. The van der Waals surface area contributed by atoms with Crippen LogP contribution in [0.25, 0.3) is 0 Å². The van der Waals surface area contributed by atoms with Crippen LogP contribution in [0.3, 0.4) is 0 Å². The van der Waals surface area contributed by atoms with Gasteiger partial charge < -0.3 is 21.1 Å². The van der Waals surface area contributed by atoms with Crippen molar-refractivity contribution in [3.63, 3.8) is 0 Å². The molecule has 1 aromatic heterocycles. The molecule has 2 amide bonds. The molecule has 0 aliphatic heterocycles. The van der Waals surface area contributed by atoms with Gasteiger partial charge in [0.15, 0.2) is 0 Å². The molecule has 4 N–H and O–H groups in total. The van der Waals surface area contributed by atoms with Gasteiger partial charge in [-0.05, 0) is 22.0 Å². The van der Waals surface area contributed by atoms with Crippen LogP contribution in [0.2, 0.25) is 0 Å². The highest BCUT2D eigenvalue weighted by Gasteiger charge is 2.12. The van der Waals surface area contributed by atoms with Gasteiger partial charge in [-0.1, -0.05) is 0 Å². The second kappa shape index (κ2) is 7.70. The monoisotopic (exact) mass is 330 g/mol. The quantitative estimate of drug-likeness (QED) is 0.632. The predicted molar refractivity (Wildman–Crippen MR) is 73.6 cm³/mol. The predicted octanol–water partition coefficient (Wildman–Crippen LogP) is -0.0813. The van der Waals surface area contributed by atoms with Gasteiger partial charge in [0.25, 0.3) is 5.91 Å². The van der Waals surface area contributed by atoms with E-state index in [0.29, 0.717) is 17.6 Å². The Balaban J connectivity index is 2.47. The van der Waals surface area contributed by atoms with Crippen LogP contribution in [0, 0.1) is 0 Å². The van der Waals surface area contributed by atoms with E-state index in [1.165, 1.54) is 13.3 Å². The Kier molecular flexibility index (Phi) is 6.23. The molecule has 0 bridgehead atoms. The van der Waals surface area contributed by atoms with Crippen molar-refractivity contribution >= 4 is 33.6 Å². The van der Waals surface area contributed by atoms with Crippen molar-refractivity contribution < 1.29 is 14.3 Å². The van der Waals surface area contributed by atoms with Gasteiger partial charge in [-0.2, -0.15) is 0 Å². The minimum absolute atomic E-state index is 0.112. The minimum atomic E-state index is -0.451. The van der Waals surface area contributed by atoms with Crippen LogP contribution >= 0.6 is 15.9 Å². The molecule has 0 radical (unpaired) electrons. The Labute approximate surface area is 119 Å². The number of amides is 2. The number of methoxy groups -OCH3 is 1. The number of hydrogen-bond acceptors (Lipinski definition) is 5. The van der Waals surface area contributed by atoms with E-state index in [2.05, 4.69) is 31.5 Å². The lowest BCUT2D eigenvalue weighted by molar-refractivity contribution is -0.120. The first-order chi connectivity index (χ1) is 9.04. The number of pyridine rings is 1. The Morgan fingerprint density at radius 3 is 2.89 bits per heavy atom. The number of nitrogens with one attached hydrogen (secondary N) is 2. The molecule has 0 spiro atoms. The summed E-state index contributed by atoms with van der Waals surface area (Å²) in [5, 5.41) is 5.04. The maximum Gasteiger partial charge on any atom is 0.255 e. The highest BCUT2D eigenvalue weighted by Crippen LogP contribution is 2.15. The first-order valence-corrected chi connectivity index (χ1v) is 6.28. The number of nitrogen functional groups attached to an aromatic ring is 1. The molecule has 1 heterocycles. The fourth-order valence-electron chi connectivity index (χ4n) is 1.24. The Morgan fingerprint density at radius 1 is 1.47 bits per heavy atom. The first-order valence-electron chi connectivity index (χ1n) is 5.49. The van der Waals surface area contributed by atoms with Gasteiger partial charge in [0.05, 0.1) is 18.7 Å². The molecule has 0 unspecified atom stereocenters. The largest absolute Gasteiger partial charge is 0.383 e. The van der Waals surface area contributed by atoms with Crippen molar-refractivity contribution in [3.05, 3.63) is 22.3 Å². The van der Waals surface area contributed by atoms with Crippen LogP contribution in [0.4, 0.5) is 5.82 Å². The van der Waals surface area contributed by atoms with Crippen LogP contribution in [0.1, 0.15) is 10.4 Å². The third kappa shape index (κ3) is 5.23. The Bertz CT molecular complexity index is 467. The number of nitrogens with two attached hydrogens (primary N) is 1. The van der Waals surface area contributed by atoms with Crippen LogP contribution in [0.15, 0.2) is 16.7 Å². The molecule has 8 heteroatoms. The lowest BCUT2D eigenvalue weighted by Gasteiger charge is -2.08. The van der Waals surface area contributed by atoms with Crippen molar-refractivity contribution in [1.82, 2.24) is 15.6 Å². The summed E-state index contributed by atoms with van der Waals surface area (Å²) in [5.41, 5.74) is 5.81. The summed E-state index contributed by atoms with van der Waals surface area (Å²) < 4.78 is 5.42. The second-order valence-corrected chi connectivity index (χ2v) is 4.53. The molecule has 0 atom stereocenters. The lowest BCUT2D eigenvalue weighted by Crippen LogP contribution is -2.38. The number of aromatic nitrogens is 1. The summed E-state index contributed by atoms with van der Waals surface area (Å²) in [6, 6.07) is 1.54. The second-order valence-electron chi connectivity index (χ2n) is 3.61. The van der Waals surface area contributed by atoms with Crippen LogP contribution in [0.5, 0.6) is 0 Å². The van der Waals surface area contributed by atoms with Gasteiger partial charge >= 0.3 is 0 Å². The summed E-state index contributed by atoms with van der Waals surface area (Å²) in [4.78, 5) is 27.0. The molecule has 0 aromatic carbocycles. The van der Waals surface area contributed by atoms with Gasteiger partial charge in [-0.15, -0.1) is 0 Å². The van der Waals surface area contributed by atoms with E-state index in [1.807, 2.05) is 0 Å². The third-order valence-corrected chi connectivity index (χ3v) is 2.60. The number of anilines is 1. The molecule has 19 heavy (non-hydrogen) atoms. The SMILES string of the molecule is COCCNC(=O)CNC(=O)c1cc(Br)cnc1N. The fraction of sp³-hybridized carbons (Fsp3) is 0.364. The molecule has 104 valence electrons. The summed E-state index contributed by atoms with van der Waals surface area (Å²) in [5.74, 6) is -0.638. The summed E-state index contributed by atoms with van der Waals surface area (Å²) in [6.07, 6.45) is 1.49. The number of carbonyl (C=O) groups is 2. The maximum absolute atomic E-state index is 11.8. The normalized spacial score (nSPS) is 10.0. The fourth-order valence-corrected chi connectivity index (χ4v) is 1.57. The van der Waals surface area contributed by atoms with Crippen LogP contribution in [-0.4, -0.2) is 43.6 Å². The smallest absolute Gasteiger partial charge is 0.255 e. The zero-order valence-corrected chi connectivity index (χ0v) is 12.0. The number of hydrogen-bond donors (Lipinski definition) is 3. The van der Waals surface area contributed by atoms with E-state index < -0.39 is 5.91 Å². The molecular formula is C11H15BrN4O3. The molecule has 7 nitrogen and oxygen atoms in total. The molecule has 0 aliphatic carbocycles. The highest BCUT2D eigenvalue weighted by atomic mass is 79.9. The van der Waals surface area contributed by atoms with Crippen molar-refractivity contribution in [2.24, 2.45) is 0 Å². The Hall–Kier alpha value is -1.67. The van der Waals surface area contributed by atoms with E-state index in [-0.39, 0.29) is 23.8 Å². The number of rotatable bonds is 6. The topological polar surface area (TPSA) is 106 Å². The maximum atomic E-state index is 11.8. The van der Waals surface area contributed by atoms with Crippen molar-refractivity contribution in [3.8, 4) is 0 Å².